The van der Waals surface area contributed by atoms with E-state index in [4.69, 9.17) is 4.74 Å². The van der Waals surface area contributed by atoms with E-state index in [1.165, 1.54) is 0 Å². The highest BCUT2D eigenvalue weighted by molar-refractivity contribution is 5.91. The van der Waals surface area contributed by atoms with E-state index in [1.54, 1.807) is 20.8 Å². The molecule has 1 rings (SSSR count). The fourth-order valence-corrected chi connectivity index (χ4v) is 2.19. The van der Waals surface area contributed by atoms with Crippen molar-refractivity contribution in [3.05, 3.63) is 28.8 Å². The van der Waals surface area contributed by atoms with Gasteiger partial charge >= 0.3 is 12.1 Å². The normalized spacial score (nSPS) is 10.9. The largest absolute Gasteiger partial charge is 0.444 e. The predicted molar refractivity (Wildman–Crippen MR) is 91.9 cm³/mol. The van der Waals surface area contributed by atoms with Gasteiger partial charge in [0.15, 0.2) is 0 Å². The Morgan fingerprint density at radius 1 is 1.00 bits per heavy atom. The third-order valence-electron chi connectivity index (χ3n) is 2.99. The lowest BCUT2D eigenvalue weighted by molar-refractivity contribution is 0.0528. The Balaban J connectivity index is 2.37. The van der Waals surface area contributed by atoms with Gasteiger partial charge in [-0.3, -0.25) is 0 Å². The van der Waals surface area contributed by atoms with E-state index in [2.05, 4.69) is 16.0 Å². The summed E-state index contributed by atoms with van der Waals surface area (Å²) in [5, 5.41) is 8.12. The number of ether oxygens (including phenoxy) is 1. The first-order chi connectivity index (χ1) is 10.6. The van der Waals surface area contributed by atoms with Crippen LogP contribution in [0.3, 0.4) is 0 Å². The van der Waals surface area contributed by atoms with Gasteiger partial charge in [-0.25, -0.2) is 9.59 Å². The number of hydrogen-bond acceptors (Lipinski definition) is 3. The molecular formula is C17H27N3O3. The molecule has 1 aromatic rings. The molecule has 0 spiro atoms. The number of nitrogens with one attached hydrogen (secondary N) is 3. The van der Waals surface area contributed by atoms with Crippen molar-refractivity contribution in [2.45, 2.75) is 47.1 Å². The lowest BCUT2D eigenvalue weighted by Gasteiger charge is -2.19. The van der Waals surface area contributed by atoms with Gasteiger partial charge in [-0.2, -0.15) is 0 Å². The van der Waals surface area contributed by atoms with Crippen LogP contribution in [-0.4, -0.2) is 30.8 Å². The van der Waals surface area contributed by atoms with Crippen LogP contribution in [0.4, 0.5) is 15.3 Å². The predicted octanol–water partition coefficient (Wildman–Crippen LogP) is 3.26. The summed E-state index contributed by atoms with van der Waals surface area (Å²) in [4.78, 5) is 23.4. The molecule has 128 valence electrons. The molecule has 0 bridgehead atoms. The zero-order chi connectivity index (χ0) is 17.6. The molecule has 0 aliphatic carbocycles. The maximum atomic E-state index is 11.9. The molecule has 23 heavy (non-hydrogen) atoms. The van der Waals surface area contributed by atoms with E-state index in [-0.39, 0.29) is 6.03 Å². The van der Waals surface area contributed by atoms with E-state index in [1.807, 2.05) is 32.9 Å². The number of benzene rings is 1. The molecule has 0 aromatic heterocycles. The number of alkyl carbamates (subject to hydrolysis) is 1. The van der Waals surface area contributed by atoms with Gasteiger partial charge in [0.05, 0.1) is 0 Å². The molecule has 6 heteroatoms. The SMILES string of the molecule is Cc1cc(C)c(NC(=O)NCCNC(=O)OC(C)(C)C)c(C)c1. The molecule has 0 aliphatic rings. The summed E-state index contributed by atoms with van der Waals surface area (Å²) in [6, 6.07) is 3.74. The maximum Gasteiger partial charge on any atom is 0.407 e. The summed E-state index contributed by atoms with van der Waals surface area (Å²) in [6.07, 6.45) is -0.495. The van der Waals surface area contributed by atoms with Gasteiger partial charge in [0.1, 0.15) is 5.60 Å². The molecule has 0 aliphatic heterocycles. The van der Waals surface area contributed by atoms with Gasteiger partial charge in [0.25, 0.3) is 0 Å². The summed E-state index contributed by atoms with van der Waals surface area (Å²) in [6.45, 7) is 11.9. The number of urea groups is 1. The highest BCUT2D eigenvalue weighted by Crippen LogP contribution is 2.21. The number of anilines is 1. The monoisotopic (exact) mass is 321 g/mol. The van der Waals surface area contributed by atoms with Crippen molar-refractivity contribution in [3.63, 3.8) is 0 Å². The van der Waals surface area contributed by atoms with Crippen LogP contribution in [0.2, 0.25) is 0 Å². The quantitative estimate of drug-likeness (QED) is 0.745. The molecule has 0 saturated heterocycles. The molecule has 3 N–H and O–H groups in total. The van der Waals surface area contributed by atoms with Crippen molar-refractivity contribution >= 4 is 17.8 Å². The number of aryl methyl sites for hydroxylation is 3. The third-order valence-corrected chi connectivity index (χ3v) is 2.99. The van der Waals surface area contributed by atoms with Gasteiger partial charge in [-0.05, 0) is 52.7 Å². The number of rotatable bonds is 4. The van der Waals surface area contributed by atoms with Gasteiger partial charge in [0, 0.05) is 18.8 Å². The highest BCUT2D eigenvalue weighted by Gasteiger charge is 2.15. The van der Waals surface area contributed by atoms with Crippen molar-refractivity contribution in [2.75, 3.05) is 18.4 Å². The van der Waals surface area contributed by atoms with Crippen LogP contribution in [0.5, 0.6) is 0 Å². The van der Waals surface area contributed by atoms with Crippen molar-refractivity contribution in [3.8, 4) is 0 Å². The Morgan fingerprint density at radius 3 is 2.04 bits per heavy atom. The van der Waals surface area contributed by atoms with Crippen LogP contribution >= 0.6 is 0 Å². The molecule has 3 amide bonds. The minimum Gasteiger partial charge on any atom is -0.444 e. The Bertz CT molecular complexity index is 554. The molecule has 0 heterocycles. The molecule has 6 nitrogen and oxygen atoms in total. The first kappa shape index (κ1) is 18.8. The van der Waals surface area contributed by atoms with E-state index >= 15 is 0 Å². The van der Waals surface area contributed by atoms with Crippen LogP contribution in [0.25, 0.3) is 0 Å². The van der Waals surface area contributed by atoms with Crippen LogP contribution in [0, 0.1) is 20.8 Å². The van der Waals surface area contributed by atoms with Crippen LogP contribution < -0.4 is 16.0 Å². The summed E-state index contributed by atoms with van der Waals surface area (Å²) in [7, 11) is 0. The summed E-state index contributed by atoms with van der Waals surface area (Å²) in [5.74, 6) is 0. The van der Waals surface area contributed by atoms with Gasteiger partial charge in [0.2, 0.25) is 0 Å². The molecule has 1 aromatic carbocycles. The topological polar surface area (TPSA) is 79.5 Å². The van der Waals surface area contributed by atoms with E-state index in [0.717, 1.165) is 22.4 Å². The minimum atomic E-state index is -0.532. The minimum absolute atomic E-state index is 0.300. The second-order valence-electron chi connectivity index (χ2n) is 6.58. The summed E-state index contributed by atoms with van der Waals surface area (Å²) in [5.41, 5.74) is 3.48. The fraction of sp³-hybridized carbons (Fsp3) is 0.529. The molecule has 0 atom stereocenters. The van der Waals surface area contributed by atoms with Gasteiger partial charge < -0.3 is 20.7 Å². The first-order valence-electron chi connectivity index (χ1n) is 7.68. The average molecular weight is 321 g/mol. The first-order valence-corrected chi connectivity index (χ1v) is 7.68. The van der Waals surface area contributed by atoms with Crippen LogP contribution in [0.1, 0.15) is 37.5 Å². The average Bonchev–Trinajstić information content (AvgIpc) is 2.37. The standard InChI is InChI=1S/C17H27N3O3/c1-11-9-12(2)14(13(3)10-11)20-15(21)18-7-8-19-16(22)23-17(4,5)6/h9-10H,7-8H2,1-6H3,(H,19,22)(H2,18,20,21). The van der Waals surface area contributed by atoms with E-state index in [9.17, 15) is 9.59 Å². The molecule has 0 radical (unpaired) electrons. The Hall–Kier alpha value is -2.24. The summed E-state index contributed by atoms with van der Waals surface area (Å²) >= 11 is 0. The van der Waals surface area contributed by atoms with Crippen molar-refractivity contribution in [2.24, 2.45) is 0 Å². The van der Waals surface area contributed by atoms with E-state index in [0.29, 0.717) is 13.1 Å². The fourth-order valence-electron chi connectivity index (χ4n) is 2.19. The molecule has 0 fully saturated rings. The number of hydrogen-bond donors (Lipinski definition) is 3. The van der Waals surface area contributed by atoms with Crippen molar-refractivity contribution in [1.29, 1.82) is 0 Å². The maximum absolute atomic E-state index is 11.9. The third kappa shape index (κ3) is 7.04. The smallest absolute Gasteiger partial charge is 0.407 e. The Morgan fingerprint density at radius 2 is 1.52 bits per heavy atom. The molecule has 0 unspecified atom stereocenters. The Labute approximate surface area is 138 Å². The zero-order valence-electron chi connectivity index (χ0n) is 14.8. The van der Waals surface area contributed by atoms with Gasteiger partial charge in [-0.1, -0.05) is 17.7 Å². The Kier molecular flexibility index (Phi) is 6.42. The van der Waals surface area contributed by atoms with Crippen LogP contribution in [-0.2, 0) is 4.74 Å². The second-order valence-corrected chi connectivity index (χ2v) is 6.58. The van der Waals surface area contributed by atoms with Crippen molar-refractivity contribution in [1.82, 2.24) is 10.6 Å². The zero-order valence-corrected chi connectivity index (χ0v) is 14.8. The highest BCUT2D eigenvalue weighted by atomic mass is 16.6. The van der Waals surface area contributed by atoms with Crippen LogP contribution in [0.15, 0.2) is 12.1 Å². The lowest BCUT2D eigenvalue weighted by Crippen LogP contribution is -2.39. The van der Waals surface area contributed by atoms with Gasteiger partial charge in [-0.15, -0.1) is 0 Å². The second kappa shape index (κ2) is 7.85. The number of carbonyl (C=O) groups is 2. The molecule has 0 saturated carbocycles. The number of carbonyl (C=O) groups excluding carboxylic acids is 2. The lowest BCUT2D eigenvalue weighted by atomic mass is 10.1. The van der Waals surface area contributed by atoms with Crippen molar-refractivity contribution < 1.29 is 14.3 Å². The number of amides is 3. The van der Waals surface area contributed by atoms with E-state index < -0.39 is 11.7 Å². The molecular weight excluding hydrogens is 294 g/mol. The summed E-state index contributed by atoms with van der Waals surface area (Å²) < 4.78 is 5.10.